The molecule has 0 bridgehead atoms. The van der Waals surface area contributed by atoms with Crippen LogP contribution in [0.25, 0.3) is 0 Å². The number of hydrogen-bond acceptors (Lipinski definition) is 4. The number of amides is 1. The zero-order valence-electron chi connectivity index (χ0n) is 10.2. The van der Waals surface area contributed by atoms with Crippen LogP contribution in [-0.4, -0.2) is 34.3 Å². The fourth-order valence-electron chi connectivity index (χ4n) is 2.11. The van der Waals surface area contributed by atoms with E-state index in [1.54, 1.807) is 0 Å². The summed E-state index contributed by atoms with van der Waals surface area (Å²) >= 11 is 0. The Morgan fingerprint density at radius 3 is 2.05 bits per heavy atom. The second kappa shape index (κ2) is 5.26. The Bertz CT molecular complexity index is 402. The second-order valence-corrected chi connectivity index (χ2v) is 5.02. The predicted molar refractivity (Wildman–Crippen MR) is 48.8 cm³/mol. The Balaban J connectivity index is 0.00000180. The van der Waals surface area contributed by atoms with Crippen LogP contribution in [0.4, 0.5) is 13.2 Å². The molecule has 0 aromatic rings. The van der Waals surface area contributed by atoms with Crippen LogP contribution in [0.15, 0.2) is 0 Å². The SMILES string of the molecule is O=C(NC1(C(=O)[O-])CC(O)(C(F)(F)F)C1)C1CC1.[K+]. The quantitative estimate of drug-likeness (QED) is 0.522. The van der Waals surface area contributed by atoms with E-state index in [0.717, 1.165) is 0 Å². The van der Waals surface area contributed by atoms with Crippen LogP contribution in [0.5, 0.6) is 0 Å². The number of hydrogen-bond donors (Lipinski definition) is 2. The minimum absolute atomic E-state index is 0. The van der Waals surface area contributed by atoms with Crippen molar-refractivity contribution in [2.24, 2.45) is 5.92 Å². The summed E-state index contributed by atoms with van der Waals surface area (Å²) in [5, 5.41) is 22.2. The van der Waals surface area contributed by atoms with Gasteiger partial charge in [0.15, 0.2) is 5.60 Å². The number of carbonyl (C=O) groups is 2. The minimum Gasteiger partial charge on any atom is -0.548 e. The van der Waals surface area contributed by atoms with E-state index in [1.807, 2.05) is 0 Å². The van der Waals surface area contributed by atoms with Crippen LogP contribution >= 0.6 is 0 Å². The van der Waals surface area contributed by atoms with Gasteiger partial charge in [-0.3, -0.25) is 4.79 Å². The fraction of sp³-hybridized carbons (Fsp3) is 0.800. The number of alkyl halides is 3. The van der Waals surface area contributed by atoms with E-state index < -0.39 is 42.0 Å². The van der Waals surface area contributed by atoms with E-state index in [4.69, 9.17) is 0 Å². The maximum atomic E-state index is 12.4. The van der Waals surface area contributed by atoms with Crippen molar-refractivity contribution < 1.29 is 84.4 Å². The number of carboxylic acids is 1. The Labute approximate surface area is 149 Å². The second-order valence-electron chi connectivity index (χ2n) is 5.02. The molecule has 19 heavy (non-hydrogen) atoms. The van der Waals surface area contributed by atoms with Crippen molar-refractivity contribution in [3.8, 4) is 0 Å². The van der Waals surface area contributed by atoms with Crippen LogP contribution < -0.4 is 61.8 Å². The van der Waals surface area contributed by atoms with Crippen LogP contribution in [0.1, 0.15) is 25.7 Å². The van der Waals surface area contributed by atoms with Gasteiger partial charge < -0.3 is 20.3 Å². The molecule has 0 radical (unpaired) electrons. The molecule has 0 atom stereocenters. The first kappa shape index (κ1) is 17.4. The molecule has 2 aliphatic rings. The molecule has 0 aliphatic heterocycles. The molecule has 0 spiro atoms. The summed E-state index contributed by atoms with van der Waals surface area (Å²) in [6.07, 6.45) is -5.94. The standard InChI is InChI=1S/C10H12F3NO4.K/c11-10(12,13)9(18)3-8(4-9,7(16)17)14-6(15)5-1-2-5;/h5,18H,1-4H2,(H,14,15)(H,16,17);/q;+1/p-1. The Morgan fingerprint density at radius 2 is 1.74 bits per heavy atom. The molecule has 0 aromatic heterocycles. The molecule has 0 saturated heterocycles. The van der Waals surface area contributed by atoms with Gasteiger partial charge in [0.2, 0.25) is 5.91 Å². The topological polar surface area (TPSA) is 89.5 Å². The van der Waals surface area contributed by atoms with E-state index in [1.165, 1.54) is 0 Å². The van der Waals surface area contributed by atoms with Gasteiger partial charge in [0.05, 0.1) is 11.5 Å². The molecular formula is C10H11F3KNO4. The molecule has 0 aromatic carbocycles. The average Bonchev–Trinajstić information content (AvgIpc) is 2.94. The molecule has 1 amide bonds. The Morgan fingerprint density at radius 1 is 1.26 bits per heavy atom. The number of rotatable bonds is 3. The van der Waals surface area contributed by atoms with Crippen LogP contribution in [-0.2, 0) is 9.59 Å². The average molecular weight is 305 g/mol. The number of aliphatic carboxylic acids is 1. The summed E-state index contributed by atoms with van der Waals surface area (Å²) in [5.41, 5.74) is -5.17. The third-order valence-corrected chi connectivity index (χ3v) is 3.42. The van der Waals surface area contributed by atoms with Gasteiger partial charge in [0, 0.05) is 18.8 Å². The van der Waals surface area contributed by atoms with E-state index in [-0.39, 0.29) is 57.3 Å². The predicted octanol–water partition coefficient (Wildman–Crippen LogP) is -3.91. The third kappa shape index (κ3) is 3.16. The molecule has 2 saturated carbocycles. The number of nitrogens with one attached hydrogen (secondary N) is 1. The molecule has 0 heterocycles. The molecule has 2 N–H and O–H groups in total. The van der Waals surface area contributed by atoms with Gasteiger partial charge in [0.25, 0.3) is 0 Å². The molecule has 2 rings (SSSR count). The summed E-state index contributed by atoms with van der Waals surface area (Å²) in [4.78, 5) is 22.3. The van der Waals surface area contributed by atoms with Crippen molar-refractivity contribution in [2.45, 2.75) is 43.0 Å². The van der Waals surface area contributed by atoms with Crippen LogP contribution in [0.2, 0.25) is 0 Å². The van der Waals surface area contributed by atoms with Crippen molar-refractivity contribution in [2.75, 3.05) is 0 Å². The molecule has 9 heteroatoms. The summed E-state index contributed by atoms with van der Waals surface area (Å²) in [6.45, 7) is 0. The molecule has 0 unspecified atom stereocenters. The first-order chi connectivity index (χ1) is 8.10. The third-order valence-electron chi connectivity index (χ3n) is 3.42. The maximum absolute atomic E-state index is 12.4. The van der Waals surface area contributed by atoms with Crippen molar-refractivity contribution >= 4 is 11.9 Å². The van der Waals surface area contributed by atoms with E-state index in [2.05, 4.69) is 5.32 Å². The largest absolute Gasteiger partial charge is 1.00 e. The van der Waals surface area contributed by atoms with Gasteiger partial charge >= 0.3 is 57.6 Å². The van der Waals surface area contributed by atoms with Gasteiger partial charge in [-0.15, -0.1) is 0 Å². The van der Waals surface area contributed by atoms with Crippen molar-refractivity contribution in [1.82, 2.24) is 5.32 Å². The molecule has 102 valence electrons. The molecule has 2 aliphatic carbocycles. The zero-order valence-corrected chi connectivity index (χ0v) is 13.3. The number of halogens is 3. The normalized spacial score (nSPS) is 33.9. The van der Waals surface area contributed by atoms with Crippen molar-refractivity contribution in [1.29, 1.82) is 0 Å². The maximum Gasteiger partial charge on any atom is 1.00 e. The number of carboxylic acid groups (broad SMARTS) is 1. The van der Waals surface area contributed by atoms with Crippen LogP contribution in [0.3, 0.4) is 0 Å². The summed E-state index contributed by atoms with van der Waals surface area (Å²) < 4.78 is 37.3. The minimum atomic E-state index is -4.92. The zero-order chi connectivity index (χ0) is 13.8. The van der Waals surface area contributed by atoms with Gasteiger partial charge in [0.1, 0.15) is 0 Å². The smallest absolute Gasteiger partial charge is 0.548 e. The fourth-order valence-corrected chi connectivity index (χ4v) is 2.11. The molecule has 2 fully saturated rings. The first-order valence-electron chi connectivity index (χ1n) is 5.42. The molecular weight excluding hydrogens is 294 g/mol. The van der Waals surface area contributed by atoms with Crippen LogP contribution in [0, 0.1) is 5.92 Å². The number of carbonyl (C=O) groups excluding carboxylic acids is 2. The van der Waals surface area contributed by atoms with Crippen molar-refractivity contribution in [3.63, 3.8) is 0 Å². The van der Waals surface area contributed by atoms with Crippen molar-refractivity contribution in [3.05, 3.63) is 0 Å². The first-order valence-corrected chi connectivity index (χ1v) is 5.42. The Hall–Kier alpha value is 0.326. The van der Waals surface area contributed by atoms with Gasteiger partial charge in [-0.05, 0) is 12.8 Å². The number of aliphatic hydroxyl groups is 1. The van der Waals surface area contributed by atoms with Gasteiger partial charge in [-0.1, -0.05) is 0 Å². The summed E-state index contributed by atoms with van der Waals surface area (Å²) in [6, 6.07) is 0. The van der Waals surface area contributed by atoms with E-state index in [9.17, 15) is 33.0 Å². The van der Waals surface area contributed by atoms with Gasteiger partial charge in [-0.25, -0.2) is 0 Å². The van der Waals surface area contributed by atoms with E-state index >= 15 is 0 Å². The Kier molecular flexibility index (Phi) is 4.82. The van der Waals surface area contributed by atoms with E-state index in [0.29, 0.717) is 12.8 Å². The summed E-state index contributed by atoms with van der Waals surface area (Å²) in [5.74, 6) is -2.73. The van der Waals surface area contributed by atoms with Gasteiger partial charge in [-0.2, -0.15) is 13.2 Å². The monoisotopic (exact) mass is 305 g/mol. The molecule has 5 nitrogen and oxygen atoms in total. The summed E-state index contributed by atoms with van der Waals surface area (Å²) in [7, 11) is 0.